The minimum atomic E-state index is 0.165. The molecule has 0 aliphatic heterocycles. The molecular weight excluding hydrogens is 256 g/mol. The molecule has 0 spiro atoms. The molecule has 4 rings (SSSR count). The van der Waals surface area contributed by atoms with Crippen LogP contribution in [0.15, 0.2) is 29.8 Å². The lowest BCUT2D eigenvalue weighted by Crippen LogP contribution is -2.56. The van der Waals surface area contributed by atoms with Gasteiger partial charge in [-0.25, -0.2) is 0 Å². The number of rotatable bonds is 1. The quantitative estimate of drug-likeness (QED) is 0.684. The molecule has 3 fully saturated rings. The van der Waals surface area contributed by atoms with Crippen molar-refractivity contribution in [1.82, 2.24) is 0 Å². The number of carbonyl (C=O) groups is 1. The molecule has 3 unspecified atom stereocenters. The van der Waals surface area contributed by atoms with E-state index in [-0.39, 0.29) is 11.3 Å². The summed E-state index contributed by atoms with van der Waals surface area (Å²) in [6, 6.07) is 7.70. The van der Waals surface area contributed by atoms with Gasteiger partial charge in [0.15, 0.2) is 5.78 Å². The lowest BCUT2D eigenvalue weighted by atomic mass is 9.44. The predicted molar refractivity (Wildman–Crippen MR) is 79.0 cm³/mol. The molecule has 1 nitrogen and oxygen atoms in total. The molecule has 100 valence electrons. The van der Waals surface area contributed by atoms with E-state index in [0.717, 1.165) is 16.2 Å². The van der Waals surface area contributed by atoms with E-state index in [1.54, 1.807) is 0 Å². The fraction of sp³-hybridized carbons (Fsp3) is 0.471. The van der Waals surface area contributed by atoms with Gasteiger partial charge in [-0.3, -0.25) is 4.79 Å². The van der Waals surface area contributed by atoms with Crippen LogP contribution >= 0.6 is 11.6 Å². The Kier molecular flexibility index (Phi) is 2.86. The summed E-state index contributed by atoms with van der Waals surface area (Å²) in [6.45, 7) is 6.68. The van der Waals surface area contributed by atoms with Gasteiger partial charge in [-0.1, -0.05) is 44.5 Å². The highest BCUT2D eigenvalue weighted by atomic mass is 35.5. The van der Waals surface area contributed by atoms with Crippen LogP contribution in [0.4, 0.5) is 0 Å². The van der Waals surface area contributed by atoms with Crippen molar-refractivity contribution in [2.24, 2.45) is 23.2 Å². The van der Waals surface area contributed by atoms with Gasteiger partial charge in [0.05, 0.1) is 0 Å². The zero-order chi connectivity index (χ0) is 13.8. The van der Waals surface area contributed by atoms with Crippen LogP contribution in [0.1, 0.15) is 32.8 Å². The number of allylic oxidation sites excluding steroid dienone is 1. The van der Waals surface area contributed by atoms with E-state index in [9.17, 15) is 4.79 Å². The van der Waals surface area contributed by atoms with Gasteiger partial charge in [0.25, 0.3) is 0 Å². The Bertz CT molecular complexity index is 553. The van der Waals surface area contributed by atoms with Crippen molar-refractivity contribution >= 4 is 23.5 Å². The third-order valence-corrected chi connectivity index (χ3v) is 5.46. The number of carbonyl (C=O) groups excluding carboxylic acids is 1. The standard InChI is InChI=1S/C17H19ClO/c1-10-14-9-15(17(14,2)3)13(16(10)19)8-11-4-6-12(18)7-5-11/h4-8,10,14-15H,9H2,1-3H3/b13-8+. The second-order valence-electron chi connectivity index (χ2n) is 6.52. The summed E-state index contributed by atoms with van der Waals surface area (Å²) in [5.74, 6) is 1.50. The fourth-order valence-electron chi connectivity index (χ4n) is 3.86. The van der Waals surface area contributed by atoms with Crippen LogP contribution in [0.3, 0.4) is 0 Å². The third kappa shape index (κ3) is 1.87. The van der Waals surface area contributed by atoms with Crippen LogP contribution in [0.25, 0.3) is 6.08 Å². The van der Waals surface area contributed by atoms with Gasteiger partial charge in [0, 0.05) is 10.9 Å². The average Bonchev–Trinajstić information content (AvgIpc) is 2.36. The number of fused-ring (bicyclic) bond motifs is 2. The zero-order valence-corrected chi connectivity index (χ0v) is 12.4. The Hall–Kier alpha value is -1.08. The maximum absolute atomic E-state index is 12.4. The van der Waals surface area contributed by atoms with Gasteiger partial charge < -0.3 is 0 Å². The monoisotopic (exact) mass is 274 g/mol. The van der Waals surface area contributed by atoms with Gasteiger partial charge in [-0.05, 0) is 53.0 Å². The minimum absolute atomic E-state index is 0.165. The molecule has 0 radical (unpaired) electrons. The molecular formula is C17H19ClO. The second kappa shape index (κ2) is 4.21. The van der Waals surface area contributed by atoms with Crippen LogP contribution in [0.2, 0.25) is 5.02 Å². The van der Waals surface area contributed by atoms with Crippen molar-refractivity contribution < 1.29 is 4.79 Å². The smallest absolute Gasteiger partial charge is 0.162 e. The molecule has 2 bridgehead atoms. The van der Waals surface area contributed by atoms with Gasteiger partial charge >= 0.3 is 0 Å². The minimum Gasteiger partial charge on any atom is -0.294 e. The number of halogens is 1. The number of Topliss-reactive ketones (excluding diaryl/α,β-unsaturated/α-hetero) is 1. The van der Waals surface area contributed by atoms with Crippen molar-refractivity contribution in [2.45, 2.75) is 27.2 Å². The van der Waals surface area contributed by atoms with Crippen molar-refractivity contribution in [2.75, 3.05) is 0 Å². The van der Waals surface area contributed by atoms with E-state index >= 15 is 0 Å². The molecule has 1 aromatic carbocycles. The highest BCUT2D eigenvalue weighted by molar-refractivity contribution is 6.30. The molecule has 19 heavy (non-hydrogen) atoms. The molecule has 1 aromatic rings. The van der Waals surface area contributed by atoms with Crippen LogP contribution in [-0.4, -0.2) is 5.78 Å². The summed E-state index contributed by atoms with van der Waals surface area (Å²) >= 11 is 5.90. The highest BCUT2D eigenvalue weighted by Crippen LogP contribution is 2.62. The van der Waals surface area contributed by atoms with Crippen LogP contribution in [0, 0.1) is 23.2 Å². The van der Waals surface area contributed by atoms with E-state index in [0.29, 0.717) is 17.6 Å². The zero-order valence-electron chi connectivity index (χ0n) is 11.6. The van der Waals surface area contributed by atoms with Crippen molar-refractivity contribution in [1.29, 1.82) is 0 Å². The fourth-order valence-corrected chi connectivity index (χ4v) is 3.99. The molecule has 0 aromatic heterocycles. The summed E-state index contributed by atoms with van der Waals surface area (Å²) in [6.07, 6.45) is 3.23. The summed E-state index contributed by atoms with van der Waals surface area (Å²) in [5, 5.41) is 0.731. The first kappa shape index (κ1) is 12.9. The van der Waals surface area contributed by atoms with Crippen LogP contribution in [-0.2, 0) is 4.79 Å². The molecule has 3 atom stereocenters. The maximum Gasteiger partial charge on any atom is 0.162 e. The SMILES string of the molecule is CC1C(=O)/C(=C/c2ccc(Cl)cc2)C2CC1C2(C)C. The normalized spacial score (nSPS) is 34.2. The van der Waals surface area contributed by atoms with Crippen molar-refractivity contribution in [3.05, 3.63) is 40.4 Å². The van der Waals surface area contributed by atoms with Crippen LogP contribution in [0.5, 0.6) is 0 Å². The molecule has 2 heteroatoms. The number of benzene rings is 1. The summed E-state index contributed by atoms with van der Waals surface area (Å²) < 4.78 is 0. The topological polar surface area (TPSA) is 17.1 Å². The maximum atomic E-state index is 12.4. The molecule has 0 saturated heterocycles. The highest BCUT2D eigenvalue weighted by Gasteiger charge is 2.58. The molecule has 0 amide bonds. The summed E-state index contributed by atoms with van der Waals surface area (Å²) in [4.78, 5) is 12.4. The molecule has 0 N–H and O–H groups in total. The van der Waals surface area contributed by atoms with Crippen molar-refractivity contribution in [3.8, 4) is 0 Å². The van der Waals surface area contributed by atoms with E-state index in [1.165, 1.54) is 6.42 Å². The predicted octanol–water partition coefficient (Wildman–Crippen LogP) is 4.60. The van der Waals surface area contributed by atoms with Gasteiger partial charge in [0.2, 0.25) is 0 Å². The summed E-state index contributed by atoms with van der Waals surface area (Å²) in [5.41, 5.74) is 2.36. The average molecular weight is 275 g/mol. The van der Waals surface area contributed by atoms with Gasteiger partial charge in [-0.15, -0.1) is 0 Å². The Balaban J connectivity index is 1.99. The Morgan fingerprint density at radius 1 is 1.26 bits per heavy atom. The van der Waals surface area contributed by atoms with Crippen molar-refractivity contribution in [3.63, 3.8) is 0 Å². The molecule has 0 heterocycles. The Morgan fingerprint density at radius 3 is 2.47 bits per heavy atom. The van der Waals surface area contributed by atoms with Gasteiger partial charge in [-0.2, -0.15) is 0 Å². The third-order valence-electron chi connectivity index (χ3n) is 5.21. The summed E-state index contributed by atoms with van der Waals surface area (Å²) in [7, 11) is 0. The first-order chi connectivity index (χ1) is 8.91. The number of hydrogen-bond acceptors (Lipinski definition) is 1. The first-order valence-electron chi connectivity index (χ1n) is 6.92. The largest absolute Gasteiger partial charge is 0.294 e. The second-order valence-corrected chi connectivity index (χ2v) is 6.96. The first-order valence-corrected chi connectivity index (χ1v) is 7.30. The lowest BCUT2D eigenvalue weighted by Gasteiger charge is -2.59. The number of ketones is 1. The van der Waals surface area contributed by atoms with E-state index in [4.69, 9.17) is 11.6 Å². The molecule has 3 aliphatic carbocycles. The Morgan fingerprint density at radius 2 is 1.89 bits per heavy atom. The van der Waals surface area contributed by atoms with E-state index in [2.05, 4.69) is 26.8 Å². The lowest BCUT2D eigenvalue weighted by molar-refractivity contribution is -0.139. The van der Waals surface area contributed by atoms with E-state index < -0.39 is 0 Å². The van der Waals surface area contributed by atoms with Gasteiger partial charge in [0.1, 0.15) is 0 Å². The molecule has 3 saturated carbocycles. The molecule has 3 aliphatic rings. The number of hydrogen-bond donors (Lipinski definition) is 0. The van der Waals surface area contributed by atoms with Crippen LogP contribution < -0.4 is 0 Å². The van der Waals surface area contributed by atoms with E-state index in [1.807, 2.05) is 24.3 Å². The Labute approximate surface area is 119 Å².